The summed E-state index contributed by atoms with van der Waals surface area (Å²) in [6.07, 6.45) is 0.602. The normalized spacial score (nSPS) is 15.5. The zero-order chi connectivity index (χ0) is 24.3. The minimum atomic E-state index is -1.34. The number of aliphatic hydroxyl groups excluding tert-OH is 1. The first-order chi connectivity index (χ1) is 15.1. The Morgan fingerprint density at radius 1 is 1.00 bits per heavy atom. The van der Waals surface area contributed by atoms with Crippen LogP contribution >= 0.6 is 12.6 Å². The summed E-state index contributed by atoms with van der Waals surface area (Å²) in [5.74, 6) is -3.66. The predicted octanol–water partition coefficient (Wildman–Crippen LogP) is -0.936. The Kier molecular flexibility index (Phi) is 11.7. The Morgan fingerprint density at radius 2 is 1.56 bits per heavy atom. The molecule has 0 spiro atoms. The second kappa shape index (κ2) is 13.7. The van der Waals surface area contributed by atoms with Crippen molar-refractivity contribution in [2.75, 3.05) is 12.4 Å². The fraction of sp³-hybridized carbons (Fsp3) is 0.524. The second-order valence-electron chi connectivity index (χ2n) is 7.49. The van der Waals surface area contributed by atoms with Gasteiger partial charge in [-0.1, -0.05) is 50.6 Å². The van der Waals surface area contributed by atoms with Gasteiger partial charge < -0.3 is 31.9 Å². The van der Waals surface area contributed by atoms with Crippen molar-refractivity contribution in [3.63, 3.8) is 0 Å². The summed E-state index contributed by atoms with van der Waals surface area (Å²) in [6.45, 7) is 2.78. The highest BCUT2D eigenvalue weighted by molar-refractivity contribution is 7.80. The largest absolute Gasteiger partial charge is 0.480 e. The molecule has 32 heavy (non-hydrogen) atoms. The Labute approximate surface area is 192 Å². The Morgan fingerprint density at radius 3 is 2.06 bits per heavy atom. The van der Waals surface area contributed by atoms with Gasteiger partial charge in [-0.3, -0.25) is 14.4 Å². The molecule has 3 amide bonds. The number of nitrogens with two attached hydrogens (primary N) is 1. The zero-order valence-electron chi connectivity index (χ0n) is 18.2. The van der Waals surface area contributed by atoms with Gasteiger partial charge in [0.2, 0.25) is 17.7 Å². The van der Waals surface area contributed by atoms with Gasteiger partial charge in [0, 0.05) is 12.2 Å². The van der Waals surface area contributed by atoms with Gasteiger partial charge in [-0.05, 0) is 11.5 Å². The van der Waals surface area contributed by atoms with Crippen molar-refractivity contribution in [2.45, 2.75) is 50.9 Å². The SMILES string of the molecule is CCC(C)C(NC(=O)C(Cc1ccccc1)NC(=O)C(CO)NC(=O)C(N)CS)C(=O)O. The van der Waals surface area contributed by atoms with Gasteiger partial charge in [-0.2, -0.15) is 12.6 Å². The molecule has 0 aliphatic rings. The van der Waals surface area contributed by atoms with Crippen LogP contribution in [0.4, 0.5) is 0 Å². The number of rotatable bonds is 13. The molecule has 11 heteroatoms. The van der Waals surface area contributed by atoms with E-state index in [-0.39, 0.29) is 18.1 Å². The maximum atomic E-state index is 12.9. The van der Waals surface area contributed by atoms with E-state index >= 15 is 0 Å². The van der Waals surface area contributed by atoms with Gasteiger partial charge in [0.1, 0.15) is 18.1 Å². The molecular formula is C21H32N4O6S. The molecule has 0 saturated carbocycles. The van der Waals surface area contributed by atoms with E-state index in [1.165, 1.54) is 0 Å². The smallest absolute Gasteiger partial charge is 0.326 e. The molecule has 0 fully saturated rings. The van der Waals surface area contributed by atoms with Gasteiger partial charge in [-0.15, -0.1) is 0 Å². The number of carboxylic acids is 1. The molecule has 0 aliphatic heterocycles. The lowest BCUT2D eigenvalue weighted by Gasteiger charge is -2.26. The van der Waals surface area contributed by atoms with Crippen molar-refractivity contribution in [1.82, 2.24) is 16.0 Å². The first-order valence-corrected chi connectivity index (χ1v) is 10.9. The first kappa shape index (κ1) is 27.4. The number of nitrogens with one attached hydrogen (secondary N) is 3. The van der Waals surface area contributed by atoms with Crippen molar-refractivity contribution < 1.29 is 29.4 Å². The lowest BCUT2D eigenvalue weighted by Crippen LogP contribution is -2.59. The first-order valence-electron chi connectivity index (χ1n) is 10.3. The highest BCUT2D eigenvalue weighted by Crippen LogP contribution is 2.10. The molecule has 5 atom stereocenters. The van der Waals surface area contributed by atoms with Gasteiger partial charge in [0.25, 0.3) is 0 Å². The molecule has 1 aromatic carbocycles. The summed E-state index contributed by atoms with van der Waals surface area (Å²) in [4.78, 5) is 49.2. The van der Waals surface area contributed by atoms with E-state index in [2.05, 4.69) is 28.6 Å². The van der Waals surface area contributed by atoms with E-state index in [4.69, 9.17) is 5.73 Å². The van der Waals surface area contributed by atoms with Crippen LogP contribution in [-0.4, -0.2) is 70.4 Å². The monoisotopic (exact) mass is 468 g/mol. The number of hydrogen-bond acceptors (Lipinski definition) is 7. The summed E-state index contributed by atoms with van der Waals surface area (Å²) in [6, 6.07) is 4.24. The lowest BCUT2D eigenvalue weighted by molar-refractivity contribution is -0.143. The van der Waals surface area contributed by atoms with Crippen LogP contribution in [0.15, 0.2) is 30.3 Å². The molecular weight excluding hydrogens is 436 g/mol. The molecule has 1 rings (SSSR count). The Balaban J connectivity index is 3.04. The van der Waals surface area contributed by atoms with Crippen LogP contribution in [0.2, 0.25) is 0 Å². The van der Waals surface area contributed by atoms with Crippen molar-refractivity contribution >= 4 is 36.3 Å². The molecule has 0 heterocycles. The van der Waals surface area contributed by atoms with Crippen LogP contribution in [0.5, 0.6) is 0 Å². The van der Waals surface area contributed by atoms with E-state index in [0.717, 1.165) is 5.56 Å². The standard InChI is InChI=1S/C21H32N4O6S/c1-3-12(2)17(21(30)31)25-19(28)15(9-13-7-5-4-6-8-13)23-20(29)16(10-26)24-18(27)14(22)11-32/h4-8,12,14-17,26,32H,3,9-11,22H2,1-2H3,(H,23,29)(H,24,27)(H,25,28)(H,30,31). The maximum absolute atomic E-state index is 12.9. The van der Waals surface area contributed by atoms with Crippen LogP contribution in [0.25, 0.3) is 0 Å². The molecule has 0 aromatic heterocycles. The quantitative estimate of drug-likeness (QED) is 0.183. The summed E-state index contributed by atoms with van der Waals surface area (Å²) in [7, 11) is 0. The summed E-state index contributed by atoms with van der Waals surface area (Å²) < 4.78 is 0. The van der Waals surface area contributed by atoms with Gasteiger partial charge in [0.05, 0.1) is 12.6 Å². The van der Waals surface area contributed by atoms with Gasteiger partial charge in [0.15, 0.2) is 0 Å². The third-order valence-corrected chi connectivity index (χ3v) is 5.43. The number of hydrogen-bond donors (Lipinski definition) is 7. The average molecular weight is 469 g/mol. The minimum Gasteiger partial charge on any atom is -0.480 e. The van der Waals surface area contributed by atoms with Crippen molar-refractivity contribution in [3.05, 3.63) is 35.9 Å². The number of thiol groups is 1. The van der Waals surface area contributed by atoms with Crippen LogP contribution in [0.3, 0.4) is 0 Å². The highest BCUT2D eigenvalue weighted by Gasteiger charge is 2.31. The molecule has 5 unspecified atom stereocenters. The number of carbonyl (C=O) groups excluding carboxylic acids is 3. The summed E-state index contributed by atoms with van der Waals surface area (Å²) in [5, 5.41) is 26.3. The second-order valence-corrected chi connectivity index (χ2v) is 7.86. The van der Waals surface area contributed by atoms with Crippen LogP contribution < -0.4 is 21.7 Å². The number of carboxylic acid groups (broad SMARTS) is 1. The van der Waals surface area contributed by atoms with Crippen molar-refractivity contribution in [1.29, 1.82) is 0 Å². The molecule has 0 saturated heterocycles. The zero-order valence-corrected chi connectivity index (χ0v) is 19.0. The number of amides is 3. The van der Waals surface area contributed by atoms with Crippen LogP contribution in [0, 0.1) is 5.92 Å². The van der Waals surface area contributed by atoms with Gasteiger partial charge in [-0.25, -0.2) is 4.79 Å². The molecule has 10 nitrogen and oxygen atoms in total. The lowest BCUT2D eigenvalue weighted by atomic mass is 9.98. The molecule has 7 N–H and O–H groups in total. The fourth-order valence-corrected chi connectivity index (χ4v) is 2.99. The topological polar surface area (TPSA) is 171 Å². The number of carbonyl (C=O) groups is 4. The molecule has 0 aliphatic carbocycles. The van der Waals surface area contributed by atoms with E-state index < -0.39 is 54.5 Å². The van der Waals surface area contributed by atoms with Crippen molar-refractivity contribution in [2.24, 2.45) is 11.7 Å². The Bertz CT molecular complexity index is 779. The Hall–Kier alpha value is -2.63. The highest BCUT2D eigenvalue weighted by atomic mass is 32.1. The van der Waals surface area contributed by atoms with E-state index in [9.17, 15) is 29.4 Å². The van der Waals surface area contributed by atoms with E-state index in [1.807, 2.05) is 0 Å². The van der Waals surface area contributed by atoms with Crippen LogP contribution in [-0.2, 0) is 25.6 Å². The fourth-order valence-electron chi connectivity index (χ4n) is 2.82. The molecule has 178 valence electrons. The molecule has 0 bridgehead atoms. The third-order valence-electron chi connectivity index (χ3n) is 5.04. The third kappa shape index (κ3) is 8.48. The van der Waals surface area contributed by atoms with E-state index in [0.29, 0.717) is 6.42 Å². The maximum Gasteiger partial charge on any atom is 0.326 e. The summed E-state index contributed by atoms with van der Waals surface area (Å²) >= 11 is 3.92. The molecule has 0 radical (unpaired) electrons. The molecule has 1 aromatic rings. The van der Waals surface area contributed by atoms with Gasteiger partial charge >= 0.3 is 5.97 Å². The number of aliphatic carboxylic acids is 1. The van der Waals surface area contributed by atoms with E-state index in [1.54, 1.807) is 44.2 Å². The summed E-state index contributed by atoms with van der Waals surface area (Å²) in [5.41, 5.74) is 6.30. The average Bonchev–Trinajstić information content (AvgIpc) is 2.79. The number of aliphatic hydroxyl groups is 1. The van der Waals surface area contributed by atoms with Crippen LogP contribution in [0.1, 0.15) is 25.8 Å². The number of benzene rings is 1. The minimum absolute atomic E-state index is 0.0385. The van der Waals surface area contributed by atoms with Crippen molar-refractivity contribution in [3.8, 4) is 0 Å². The predicted molar refractivity (Wildman–Crippen MR) is 122 cm³/mol.